The van der Waals surface area contributed by atoms with Gasteiger partial charge in [-0.05, 0) is 17.7 Å². The lowest BCUT2D eigenvalue weighted by atomic mass is 10.1. The second kappa shape index (κ2) is 5.71. The third-order valence-electron chi connectivity index (χ3n) is 3.08. The molecular weight excluding hydrogens is 248 g/mol. The fourth-order valence-corrected chi connectivity index (χ4v) is 2.11. The summed E-state index contributed by atoms with van der Waals surface area (Å²) in [7, 11) is 1.58. The number of piperazine rings is 1. The zero-order valence-corrected chi connectivity index (χ0v) is 10.6. The molecule has 102 valence electrons. The number of ether oxygens (including phenoxy) is 1. The van der Waals surface area contributed by atoms with E-state index in [0.29, 0.717) is 12.3 Å². The SMILES string of the molecule is COc1cccc(CN2CC(=O)NCC2C(=O)O)c1. The molecule has 2 N–H and O–H groups in total. The highest BCUT2D eigenvalue weighted by Gasteiger charge is 2.31. The van der Waals surface area contributed by atoms with Crippen LogP contribution in [0, 0.1) is 0 Å². The van der Waals surface area contributed by atoms with Crippen molar-refractivity contribution < 1.29 is 19.4 Å². The molecule has 1 aliphatic heterocycles. The second-order valence-corrected chi connectivity index (χ2v) is 4.41. The molecule has 0 saturated carbocycles. The molecule has 1 aromatic carbocycles. The van der Waals surface area contributed by atoms with E-state index in [0.717, 1.165) is 5.56 Å². The first-order chi connectivity index (χ1) is 9.10. The Balaban J connectivity index is 2.13. The minimum Gasteiger partial charge on any atom is -0.497 e. The van der Waals surface area contributed by atoms with Crippen molar-refractivity contribution in [1.29, 1.82) is 0 Å². The van der Waals surface area contributed by atoms with E-state index in [-0.39, 0.29) is 19.0 Å². The van der Waals surface area contributed by atoms with E-state index in [1.807, 2.05) is 24.3 Å². The summed E-state index contributed by atoms with van der Waals surface area (Å²) in [5, 5.41) is 11.7. The van der Waals surface area contributed by atoms with E-state index in [2.05, 4.69) is 5.32 Å². The van der Waals surface area contributed by atoms with Gasteiger partial charge in [0.25, 0.3) is 0 Å². The van der Waals surface area contributed by atoms with Crippen molar-refractivity contribution in [3.63, 3.8) is 0 Å². The highest BCUT2D eigenvalue weighted by Crippen LogP contribution is 2.16. The van der Waals surface area contributed by atoms with Crippen LogP contribution in [0.5, 0.6) is 5.75 Å². The number of benzene rings is 1. The fourth-order valence-electron chi connectivity index (χ4n) is 2.11. The topological polar surface area (TPSA) is 78.9 Å². The van der Waals surface area contributed by atoms with Crippen LogP contribution in [0.3, 0.4) is 0 Å². The van der Waals surface area contributed by atoms with Crippen LogP contribution in [0.25, 0.3) is 0 Å². The number of carboxylic acids is 1. The summed E-state index contributed by atoms with van der Waals surface area (Å²) in [6, 6.07) is 6.69. The summed E-state index contributed by atoms with van der Waals surface area (Å²) >= 11 is 0. The molecule has 0 aromatic heterocycles. The number of hydrogen-bond acceptors (Lipinski definition) is 4. The van der Waals surface area contributed by atoms with E-state index >= 15 is 0 Å². The minimum absolute atomic E-state index is 0.0914. The van der Waals surface area contributed by atoms with Gasteiger partial charge in [0.05, 0.1) is 13.7 Å². The van der Waals surface area contributed by atoms with Gasteiger partial charge in [-0.2, -0.15) is 0 Å². The standard InChI is InChI=1S/C13H16N2O4/c1-19-10-4-2-3-9(5-10)7-15-8-12(16)14-6-11(15)13(17)18/h2-5,11H,6-8H2,1H3,(H,14,16)(H,17,18). The Kier molecular flexibility index (Phi) is 4.01. The molecule has 1 amide bonds. The summed E-state index contributed by atoms with van der Waals surface area (Å²) in [6.45, 7) is 0.633. The molecule has 19 heavy (non-hydrogen) atoms. The van der Waals surface area contributed by atoms with Crippen LogP contribution in [0.1, 0.15) is 5.56 Å². The van der Waals surface area contributed by atoms with Crippen LogP contribution < -0.4 is 10.1 Å². The Morgan fingerprint density at radius 2 is 2.37 bits per heavy atom. The average molecular weight is 264 g/mol. The number of hydrogen-bond donors (Lipinski definition) is 2. The molecule has 1 unspecified atom stereocenters. The van der Waals surface area contributed by atoms with Crippen LogP contribution in [-0.2, 0) is 16.1 Å². The first kappa shape index (κ1) is 13.4. The lowest BCUT2D eigenvalue weighted by molar-refractivity contribution is -0.146. The first-order valence-corrected chi connectivity index (χ1v) is 5.96. The number of aliphatic carboxylic acids is 1. The van der Waals surface area contributed by atoms with Crippen molar-refractivity contribution in [1.82, 2.24) is 10.2 Å². The molecule has 1 aliphatic rings. The van der Waals surface area contributed by atoms with Gasteiger partial charge in [0.15, 0.2) is 0 Å². The van der Waals surface area contributed by atoms with E-state index in [9.17, 15) is 9.59 Å². The highest BCUT2D eigenvalue weighted by molar-refractivity contribution is 5.83. The molecule has 0 bridgehead atoms. The number of carbonyl (C=O) groups excluding carboxylic acids is 1. The van der Waals surface area contributed by atoms with E-state index in [1.165, 1.54) is 0 Å². The molecule has 1 atom stereocenters. The quantitative estimate of drug-likeness (QED) is 0.805. The molecule has 0 spiro atoms. The van der Waals surface area contributed by atoms with Gasteiger partial charge in [0.1, 0.15) is 11.8 Å². The Bertz CT molecular complexity index is 489. The molecule has 0 aliphatic carbocycles. The second-order valence-electron chi connectivity index (χ2n) is 4.41. The molecule has 1 aromatic rings. The van der Waals surface area contributed by atoms with E-state index in [1.54, 1.807) is 12.0 Å². The van der Waals surface area contributed by atoms with Crippen LogP contribution >= 0.6 is 0 Å². The number of carboxylic acid groups (broad SMARTS) is 1. The summed E-state index contributed by atoms with van der Waals surface area (Å²) in [5.74, 6) is -0.367. The van der Waals surface area contributed by atoms with E-state index < -0.39 is 12.0 Å². The first-order valence-electron chi connectivity index (χ1n) is 5.96. The predicted octanol–water partition coefficient (Wildman–Crippen LogP) is 0.0802. The Labute approximate surface area is 111 Å². The fraction of sp³-hybridized carbons (Fsp3) is 0.385. The Hall–Kier alpha value is -2.08. The maximum atomic E-state index is 11.4. The lowest BCUT2D eigenvalue weighted by Gasteiger charge is -2.32. The molecule has 6 nitrogen and oxygen atoms in total. The van der Waals surface area contributed by atoms with Crippen molar-refractivity contribution in [2.75, 3.05) is 20.2 Å². The van der Waals surface area contributed by atoms with Gasteiger partial charge in [-0.25, -0.2) is 0 Å². The smallest absolute Gasteiger partial charge is 0.322 e. The molecule has 1 fully saturated rings. The molecule has 6 heteroatoms. The van der Waals surface area contributed by atoms with Gasteiger partial charge in [0.2, 0.25) is 5.91 Å². The summed E-state index contributed by atoms with van der Waals surface area (Å²) in [4.78, 5) is 24.2. The van der Waals surface area contributed by atoms with Crippen LogP contribution in [0.4, 0.5) is 0 Å². The maximum Gasteiger partial charge on any atom is 0.322 e. The van der Waals surface area contributed by atoms with Crippen molar-refractivity contribution in [3.8, 4) is 5.75 Å². The van der Waals surface area contributed by atoms with Crippen molar-refractivity contribution in [2.45, 2.75) is 12.6 Å². The minimum atomic E-state index is -0.928. The third kappa shape index (κ3) is 3.23. The van der Waals surface area contributed by atoms with Crippen LogP contribution in [0.2, 0.25) is 0 Å². The average Bonchev–Trinajstić information content (AvgIpc) is 2.38. The Morgan fingerprint density at radius 3 is 3.05 bits per heavy atom. The molecule has 0 radical (unpaired) electrons. The van der Waals surface area contributed by atoms with Gasteiger partial charge in [-0.3, -0.25) is 14.5 Å². The third-order valence-corrected chi connectivity index (χ3v) is 3.08. The molecule has 2 rings (SSSR count). The van der Waals surface area contributed by atoms with Gasteiger partial charge >= 0.3 is 5.97 Å². The maximum absolute atomic E-state index is 11.4. The summed E-state index contributed by atoms with van der Waals surface area (Å²) < 4.78 is 5.13. The zero-order chi connectivity index (χ0) is 13.8. The number of rotatable bonds is 4. The number of methoxy groups -OCH3 is 1. The monoisotopic (exact) mass is 264 g/mol. The van der Waals surface area contributed by atoms with Crippen LogP contribution in [-0.4, -0.2) is 48.1 Å². The number of carbonyl (C=O) groups is 2. The van der Waals surface area contributed by atoms with Crippen LogP contribution in [0.15, 0.2) is 24.3 Å². The van der Waals surface area contributed by atoms with Crippen molar-refractivity contribution in [3.05, 3.63) is 29.8 Å². The number of nitrogens with zero attached hydrogens (tertiary/aromatic N) is 1. The largest absolute Gasteiger partial charge is 0.497 e. The molecule has 1 saturated heterocycles. The highest BCUT2D eigenvalue weighted by atomic mass is 16.5. The summed E-state index contributed by atoms with van der Waals surface area (Å²) in [6.07, 6.45) is 0. The van der Waals surface area contributed by atoms with Gasteiger partial charge in [-0.15, -0.1) is 0 Å². The van der Waals surface area contributed by atoms with E-state index in [4.69, 9.17) is 9.84 Å². The van der Waals surface area contributed by atoms with Gasteiger partial charge in [-0.1, -0.05) is 12.1 Å². The van der Waals surface area contributed by atoms with Gasteiger partial charge < -0.3 is 15.2 Å². The normalized spacial score (nSPS) is 19.8. The molecular formula is C13H16N2O4. The lowest BCUT2D eigenvalue weighted by Crippen LogP contribution is -2.56. The number of amides is 1. The predicted molar refractivity (Wildman–Crippen MR) is 67.8 cm³/mol. The summed E-state index contributed by atoms with van der Waals surface area (Å²) in [5.41, 5.74) is 0.917. The molecule has 1 heterocycles. The van der Waals surface area contributed by atoms with Crippen molar-refractivity contribution >= 4 is 11.9 Å². The Morgan fingerprint density at radius 1 is 1.58 bits per heavy atom. The zero-order valence-electron chi connectivity index (χ0n) is 10.6. The van der Waals surface area contributed by atoms with Crippen molar-refractivity contribution in [2.24, 2.45) is 0 Å². The van der Waals surface area contributed by atoms with Gasteiger partial charge in [0, 0.05) is 13.1 Å². The number of nitrogens with one attached hydrogen (secondary N) is 1.